The quantitative estimate of drug-likeness (QED) is 0.305. The molecule has 0 spiro atoms. The van der Waals surface area contributed by atoms with Crippen molar-refractivity contribution in [1.29, 1.82) is 0 Å². The van der Waals surface area contributed by atoms with Crippen LogP contribution in [0.3, 0.4) is 0 Å². The van der Waals surface area contributed by atoms with Gasteiger partial charge in [0.15, 0.2) is 0 Å². The van der Waals surface area contributed by atoms with Gasteiger partial charge in [0.1, 0.15) is 0 Å². The Morgan fingerprint density at radius 3 is 1.14 bits per heavy atom. The van der Waals surface area contributed by atoms with Gasteiger partial charge in [0, 0.05) is 0 Å². The van der Waals surface area contributed by atoms with Crippen LogP contribution >= 0.6 is 38.9 Å². The van der Waals surface area contributed by atoms with E-state index in [-0.39, 0.29) is 42.0 Å². The third-order valence-electron chi connectivity index (χ3n) is 0. The minimum atomic E-state index is -3.22. The van der Waals surface area contributed by atoms with Crippen molar-refractivity contribution in [3.05, 3.63) is 0 Å². The maximum atomic E-state index is 9.51. The molecule has 0 aromatic carbocycles. The van der Waals surface area contributed by atoms with E-state index in [2.05, 4.69) is 33.7 Å². The smallest absolute Gasteiger partial charge is 1.00 e. The molecule has 0 unspecified atom stereocenters. The fraction of sp³-hybridized carbons (Fsp3) is 0. The zero-order valence-corrected chi connectivity index (χ0v) is 9.29. The molecule has 0 rings (SSSR count). The van der Waals surface area contributed by atoms with Crippen LogP contribution in [-0.4, -0.2) is 0 Å². The molecular formula is Cl4NaOP. The van der Waals surface area contributed by atoms with Crippen LogP contribution in [0.1, 0.15) is 0 Å². The molecule has 0 fully saturated rings. The Kier molecular flexibility index (Phi) is 15.1. The Balaban J connectivity index is -0.0000000800. The van der Waals surface area contributed by atoms with Crippen LogP contribution in [0, 0.1) is 0 Å². The van der Waals surface area contributed by atoms with Crippen LogP contribution in [0.5, 0.6) is 0 Å². The van der Waals surface area contributed by atoms with Gasteiger partial charge in [0.2, 0.25) is 0 Å². The van der Waals surface area contributed by atoms with E-state index < -0.39 is 5.20 Å². The topological polar surface area (TPSA) is 17.1 Å². The van der Waals surface area contributed by atoms with Gasteiger partial charge in [-0.25, -0.2) is 0 Å². The number of rotatable bonds is 0. The maximum absolute atomic E-state index is 9.51. The van der Waals surface area contributed by atoms with Gasteiger partial charge in [-0.05, 0) is 33.7 Å². The number of hydrogen-bond acceptors (Lipinski definition) is 1. The predicted molar refractivity (Wildman–Crippen MR) is 25.2 cm³/mol. The van der Waals surface area contributed by atoms with E-state index in [1.807, 2.05) is 0 Å². The molecule has 0 saturated heterocycles. The minimum absolute atomic E-state index is 0. The number of halogens is 4. The Hall–Kier alpha value is 2.39. The molecule has 0 aliphatic rings. The van der Waals surface area contributed by atoms with Crippen molar-refractivity contribution >= 4 is 38.9 Å². The molecule has 0 bridgehead atoms. The number of hydrogen-bond donors (Lipinski definition) is 0. The van der Waals surface area contributed by atoms with Crippen LogP contribution in [0.2, 0.25) is 0 Å². The van der Waals surface area contributed by atoms with Crippen molar-refractivity contribution in [2.75, 3.05) is 0 Å². The second-order valence-electron chi connectivity index (χ2n) is 0.399. The largest absolute Gasteiger partial charge is 1.00 e. The summed E-state index contributed by atoms with van der Waals surface area (Å²) in [6.07, 6.45) is 0. The van der Waals surface area contributed by atoms with Crippen LogP contribution in [0.4, 0.5) is 0 Å². The average Bonchev–Trinajstić information content (AvgIpc) is 0.722. The summed E-state index contributed by atoms with van der Waals surface area (Å²) in [5.74, 6) is 0. The predicted octanol–water partition coefficient (Wildman–Crippen LogP) is -3.18. The summed E-state index contributed by atoms with van der Waals surface area (Å²) in [4.78, 5) is 0. The molecule has 0 N–H and O–H groups in total. The molecule has 0 aliphatic carbocycles. The van der Waals surface area contributed by atoms with Gasteiger partial charge in [-0.3, -0.25) is 4.57 Å². The first-order valence-electron chi connectivity index (χ1n) is 0.690. The first-order chi connectivity index (χ1) is 2.00. The standard InChI is InChI=1S/Cl3OP.ClH.Na/c1-5(2,3)4;;/h;1H;/q;;+1/p-1. The zero-order valence-electron chi connectivity index (χ0n) is 3.37. The van der Waals surface area contributed by atoms with Crippen molar-refractivity contribution in [3.63, 3.8) is 0 Å². The van der Waals surface area contributed by atoms with E-state index in [9.17, 15) is 4.57 Å². The molecule has 0 radical (unpaired) electrons. The molecule has 0 atom stereocenters. The molecular weight excluding hydrogens is 212 g/mol. The third-order valence-corrected chi connectivity index (χ3v) is 0. The van der Waals surface area contributed by atoms with Gasteiger partial charge < -0.3 is 12.4 Å². The summed E-state index contributed by atoms with van der Waals surface area (Å²) in [7, 11) is 0. The fourth-order valence-corrected chi connectivity index (χ4v) is 0. The van der Waals surface area contributed by atoms with Gasteiger partial charge >= 0.3 is 34.8 Å². The van der Waals surface area contributed by atoms with Gasteiger partial charge in [-0.15, -0.1) is 0 Å². The van der Waals surface area contributed by atoms with Crippen LogP contribution < -0.4 is 42.0 Å². The Morgan fingerprint density at radius 2 is 1.14 bits per heavy atom. The van der Waals surface area contributed by atoms with E-state index in [4.69, 9.17) is 0 Å². The molecule has 0 saturated carbocycles. The van der Waals surface area contributed by atoms with Crippen LogP contribution in [-0.2, 0) is 4.57 Å². The Bertz CT molecular complexity index is 57.8. The molecule has 1 nitrogen and oxygen atoms in total. The third kappa shape index (κ3) is 60.0. The second kappa shape index (κ2) is 6.51. The van der Waals surface area contributed by atoms with Gasteiger partial charge in [0.05, 0.1) is 0 Å². The molecule has 40 valence electrons. The Labute approximate surface area is 84.5 Å². The van der Waals surface area contributed by atoms with Crippen molar-refractivity contribution < 1.29 is 46.5 Å². The average molecular weight is 212 g/mol. The van der Waals surface area contributed by atoms with E-state index in [0.717, 1.165) is 0 Å². The van der Waals surface area contributed by atoms with Crippen LogP contribution in [0.15, 0.2) is 0 Å². The summed E-state index contributed by atoms with van der Waals surface area (Å²) in [6, 6.07) is 0. The summed E-state index contributed by atoms with van der Waals surface area (Å²) >= 11 is 13.8. The Morgan fingerprint density at radius 1 is 1.14 bits per heavy atom. The van der Waals surface area contributed by atoms with E-state index in [1.54, 1.807) is 0 Å². The van der Waals surface area contributed by atoms with Crippen molar-refractivity contribution in [2.45, 2.75) is 0 Å². The summed E-state index contributed by atoms with van der Waals surface area (Å²) in [5.41, 5.74) is 0. The second-order valence-corrected chi connectivity index (χ2v) is 7.04. The first-order valence-corrected chi connectivity index (χ1v) is 5.11. The van der Waals surface area contributed by atoms with Gasteiger partial charge in [-0.2, -0.15) is 0 Å². The fourth-order valence-electron chi connectivity index (χ4n) is 0. The van der Waals surface area contributed by atoms with E-state index in [0.29, 0.717) is 0 Å². The van der Waals surface area contributed by atoms with Gasteiger partial charge in [0.25, 0.3) is 0 Å². The monoisotopic (exact) mass is 210 g/mol. The SMILES string of the molecule is O=P(Cl)(Cl)Cl.[Cl-].[Na+]. The molecule has 7 heavy (non-hydrogen) atoms. The normalized spacial score (nSPS) is 8.43. The summed E-state index contributed by atoms with van der Waals surface area (Å²) < 4.78 is 9.51. The van der Waals surface area contributed by atoms with E-state index >= 15 is 0 Å². The molecule has 7 heteroatoms. The maximum Gasteiger partial charge on any atom is 1.00 e. The first kappa shape index (κ1) is 16.2. The molecule has 0 aromatic heterocycles. The van der Waals surface area contributed by atoms with Gasteiger partial charge in [-0.1, -0.05) is 0 Å². The minimum Gasteiger partial charge on any atom is -1.00 e. The molecule has 0 amide bonds. The summed E-state index contributed by atoms with van der Waals surface area (Å²) in [5, 5.41) is -3.22. The van der Waals surface area contributed by atoms with Crippen molar-refractivity contribution in [3.8, 4) is 0 Å². The van der Waals surface area contributed by atoms with Crippen molar-refractivity contribution in [2.24, 2.45) is 0 Å². The van der Waals surface area contributed by atoms with E-state index in [1.165, 1.54) is 0 Å². The van der Waals surface area contributed by atoms with Crippen molar-refractivity contribution in [1.82, 2.24) is 0 Å². The van der Waals surface area contributed by atoms with Crippen LogP contribution in [0.25, 0.3) is 0 Å². The summed E-state index contributed by atoms with van der Waals surface area (Å²) in [6.45, 7) is 0. The molecule has 0 aliphatic heterocycles. The molecule has 0 heterocycles. The zero-order chi connectivity index (χ0) is 4.50. The molecule has 0 aromatic rings.